The molecule has 0 bridgehead atoms. The summed E-state index contributed by atoms with van der Waals surface area (Å²) in [5, 5.41) is 11.9. The SMILES string of the molecule is CN1CCN(C(=O)Oc2c3nccnc3c(O)n2-c2ccc3ccc(Cl)nc3n2)CC1. The summed E-state index contributed by atoms with van der Waals surface area (Å²) in [6, 6.07) is 6.94. The van der Waals surface area contributed by atoms with Crippen LogP contribution in [0.2, 0.25) is 5.15 Å². The van der Waals surface area contributed by atoms with Crippen molar-refractivity contribution in [3.63, 3.8) is 0 Å². The molecule has 1 saturated heterocycles. The van der Waals surface area contributed by atoms with Crippen molar-refractivity contribution >= 4 is 39.8 Å². The van der Waals surface area contributed by atoms with E-state index >= 15 is 0 Å². The van der Waals surface area contributed by atoms with Crippen molar-refractivity contribution in [1.82, 2.24) is 34.3 Å². The Bertz CT molecular complexity index is 1300. The molecule has 158 valence electrons. The van der Waals surface area contributed by atoms with Gasteiger partial charge in [0, 0.05) is 44.0 Å². The van der Waals surface area contributed by atoms with Crippen molar-refractivity contribution in [3.05, 3.63) is 41.8 Å². The van der Waals surface area contributed by atoms with Gasteiger partial charge in [0.25, 0.3) is 0 Å². The molecule has 1 aliphatic heterocycles. The molecule has 0 atom stereocenters. The van der Waals surface area contributed by atoms with E-state index in [-0.39, 0.29) is 22.8 Å². The molecule has 0 spiro atoms. The number of rotatable bonds is 2. The van der Waals surface area contributed by atoms with Gasteiger partial charge in [0.1, 0.15) is 11.0 Å². The van der Waals surface area contributed by atoms with Crippen LogP contribution in [0, 0.1) is 0 Å². The van der Waals surface area contributed by atoms with E-state index in [4.69, 9.17) is 16.3 Å². The number of hydrogen-bond donors (Lipinski definition) is 1. The fraction of sp³-hybridized carbons (Fsp3) is 0.250. The Morgan fingerprint density at radius 3 is 2.52 bits per heavy atom. The Kier molecular flexibility index (Phi) is 4.79. The van der Waals surface area contributed by atoms with Gasteiger partial charge in [0.05, 0.1) is 0 Å². The smallest absolute Gasteiger partial charge is 0.416 e. The third kappa shape index (κ3) is 3.49. The van der Waals surface area contributed by atoms with Crippen LogP contribution in [-0.4, -0.2) is 78.7 Å². The minimum Gasteiger partial charge on any atom is -0.493 e. The lowest BCUT2D eigenvalue weighted by atomic mass is 10.3. The molecule has 0 aliphatic carbocycles. The van der Waals surface area contributed by atoms with Crippen LogP contribution in [0.4, 0.5) is 4.79 Å². The number of piperazine rings is 1. The number of hydrogen-bond acceptors (Lipinski definition) is 8. The largest absolute Gasteiger partial charge is 0.493 e. The van der Waals surface area contributed by atoms with Gasteiger partial charge in [-0.15, -0.1) is 0 Å². The van der Waals surface area contributed by atoms with Crippen LogP contribution < -0.4 is 4.74 Å². The molecule has 4 aromatic heterocycles. The van der Waals surface area contributed by atoms with Crippen LogP contribution in [0.3, 0.4) is 0 Å². The molecular weight excluding hydrogens is 422 g/mol. The zero-order valence-corrected chi connectivity index (χ0v) is 17.3. The van der Waals surface area contributed by atoms with E-state index in [0.717, 1.165) is 18.5 Å². The van der Waals surface area contributed by atoms with E-state index in [1.807, 2.05) is 7.05 Å². The topological polar surface area (TPSA) is 110 Å². The third-order valence-electron chi connectivity index (χ3n) is 5.21. The summed E-state index contributed by atoms with van der Waals surface area (Å²) in [5.41, 5.74) is 0.840. The van der Waals surface area contributed by atoms with E-state index in [1.54, 1.807) is 29.2 Å². The molecule has 1 amide bonds. The van der Waals surface area contributed by atoms with Crippen LogP contribution in [-0.2, 0) is 0 Å². The van der Waals surface area contributed by atoms with Gasteiger partial charge in [-0.05, 0) is 31.3 Å². The van der Waals surface area contributed by atoms with Gasteiger partial charge in [-0.2, -0.15) is 0 Å². The second-order valence-electron chi connectivity index (χ2n) is 7.23. The molecule has 0 radical (unpaired) electrons. The number of nitrogens with zero attached hydrogens (tertiary/aromatic N) is 7. The first-order valence-corrected chi connectivity index (χ1v) is 10.0. The number of likely N-dealkylation sites (N-methyl/N-ethyl adjacent to an activating group) is 1. The van der Waals surface area contributed by atoms with Gasteiger partial charge >= 0.3 is 6.09 Å². The van der Waals surface area contributed by atoms with Crippen molar-refractivity contribution in [2.45, 2.75) is 0 Å². The average Bonchev–Trinajstić information content (AvgIpc) is 3.05. The van der Waals surface area contributed by atoms with E-state index in [2.05, 4.69) is 24.8 Å². The first kappa shape index (κ1) is 19.5. The van der Waals surface area contributed by atoms with E-state index in [1.165, 1.54) is 17.0 Å². The van der Waals surface area contributed by atoms with Crippen LogP contribution in [0.15, 0.2) is 36.7 Å². The molecule has 31 heavy (non-hydrogen) atoms. The fourth-order valence-corrected chi connectivity index (χ4v) is 3.64. The minimum atomic E-state index is -0.527. The number of aromatic hydroxyl groups is 1. The van der Waals surface area contributed by atoms with Crippen molar-refractivity contribution in [1.29, 1.82) is 0 Å². The Labute approximate surface area is 181 Å². The summed E-state index contributed by atoms with van der Waals surface area (Å²) in [4.78, 5) is 33.8. The van der Waals surface area contributed by atoms with E-state index < -0.39 is 6.09 Å². The summed E-state index contributed by atoms with van der Waals surface area (Å²) >= 11 is 6.00. The van der Waals surface area contributed by atoms with Gasteiger partial charge in [-0.3, -0.25) is 0 Å². The van der Waals surface area contributed by atoms with Crippen LogP contribution in [0.5, 0.6) is 11.8 Å². The molecule has 0 unspecified atom stereocenters. The highest BCUT2D eigenvalue weighted by Crippen LogP contribution is 2.37. The Morgan fingerprint density at radius 2 is 1.74 bits per heavy atom. The van der Waals surface area contributed by atoms with Crippen molar-refractivity contribution in [3.8, 4) is 17.6 Å². The van der Waals surface area contributed by atoms with Gasteiger partial charge < -0.3 is 19.6 Å². The summed E-state index contributed by atoms with van der Waals surface area (Å²) in [5.74, 6) is 0.0947. The summed E-state index contributed by atoms with van der Waals surface area (Å²) in [6.45, 7) is 2.59. The Hall–Kier alpha value is -3.50. The molecular formula is C20H18ClN7O3. The maximum atomic E-state index is 12.9. The van der Waals surface area contributed by atoms with E-state index in [9.17, 15) is 9.90 Å². The minimum absolute atomic E-state index is 0.0402. The normalized spacial score (nSPS) is 15.0. The molecule has 0 saturated carbocycles. The maximum Gasteiger partial charge on any atom is 0.416 e. The molecule has 1 aliphatic rings. The Balaban J connectivity index is 1.61. The molecule has 1 fully saturated rings. The second kappa shape index (κ2) is 7.64. The zero-order valence-electron chi connectivity index (χ0n) is 16.6. The average molecular weight is 440 g/mol. The molecule has 0 aromatic carbocycles. The summed E-state index contributed by atoms with van der Waals surface area (Å²) in [6.07, 6.45) is 2.39. The number of carbonyl (C=O) groups is 1. The molecule has 10 nitrogen and oxygen atoms in total. The van der Waals surface area contributed by atoms with Crippen molar-refractivity contribution in [2.24, 2.45) is 0 Å². The predicted molar refractivity (Wildman–Crippen MR) is 114 cm³/mol. The van der Waals surface area contributed by atoms with Crippen LogP contribution >= 0.6 is 11.6 Å². The fourth-order valence-electron chi connectivity index (χ4n) is 3.50. The first-order chi connectivity index (χ1) is 15.0. The van der Waals surface area contributed by atoms with Crippen molar-refractivity contribution < 1.29 is 14.6 Å². The van der Waals surface area contributed by atoms with Crippen LogP contribution in [0.25, 0.3) is 27.9 Å². The number of halogens is 1. The molecule has 1 N–H and O–H groups in total. The summed E-state index contributed by atoms with van der Waals surface area (Å²) in [7, 11) is 2.00. The lowest BCUT2D eigenvalue weighted by molar-refractivity contribution is 0.119. The first-order valence-electron chi connectivity index (χ1n) is 9.64. The quantitative estimate of drug-likeness (QED) is 0.474. The van der Waals surface area contributed by atoms with Gasteiger partial charge in [-0.1, -0.05) is 11.6 Å². The number of ether oxygens (including phenoxy) is 1. The number of amides is 1. The number of carbonyl (C=O) groups excluding carboxylic acids is 1. The standard InChI is InChI=1S/C20H18ClN7O3/c1-26-8-10-27(11-9-26)20(30)31-19-16-15(22-6-7-23-16)18(29)28(19)14-5-3-12-2-4-13(21)24-17(12)25-14/h2-7,29H,8-11H2,1H3. The number of fused-ring (bicyclic) bond motifs is 2. The second-order valence-corrected chi connectivity index (χ2v) is 7.61. The Morgan fingerprint density at radius 1 is 1.03 bits per heavy atom. The highest BCUT2D eigenvalue weighted by atomic mass is 35.5. The summed E-state index contributed by atoms with van der Waals surface area (Å²) < 4.78 is 7.03. The lowest BCUT2D eigenvalue weighted by Gasteiger charge is -2.31. The third-order valence-corrected chi connectivity index (χ3v) is 5.42. The van der Waals surface area contributed by atoms with Gasteiger partial charge in [-0.25, -0.2) is 29.3 Å². The van der Waals surface area contributed by atoms with Crippen molar-refractivity contribution in [2.75, 3.05) is 33.2 Å². The lowest BCUT2D eigenvalue weighted by Crippen LogP contribution is -2.48. The van der Waals surface area contributed by atoms with Gasteiger partial charge in [0.2, 0.25) is 11.8 Å². The highest BCUT2D eigenvalue weighted by molar-refractivity contribution is 6.29. The highest BCUT2D eigenvalue weighted by Gasteiger charge is 2.27. The maximum absolute atomic E-state index is 12.9. The van der Waals surface area contributed by atoms with Crippen LogP contribution in [0.1, 0.15) is 0 Å². The van der Waals surface area contributed by atoms with Gasteiger partial charge in [0.15, 0.2) is 16.7 Å². The monoisotopic (exact) mass is 439 g/mol. The predicted octanol–water partition coefficient (Wildman–Crippen LogP) is 2.47. The number of aromatic nitrogens is 5. The molecule has 11 heteroatoms. The number of pyridine rings is 2. The zero-order chi connectivity index (χ0) is 21.5. The van der Waals surface area contributed by atoms with E-state index in [0.29, 0.717) is 29.7 Å². The molecule has 4 aromatic rings. The molecule has 5 rings (SSSR count). The molecule has 5 heterocycles.